The standard InChI is InChI=1S/C25H29FN2O3/c1-25(2)13-19-20(21(29)14-25)15-28(18-11-9-16(26)10-12-18)24(31)22(19)23(30)27(3)17-7-5-4-6-8-17/h9-12,15,17H,4-8,13-14H2,1-3H3. The second-order valence-corrected chi connectivity index (χ2v) is 9.70. The molecule has 0 N–H and O–H groups in total. The van der Waals surface area contributed by atoms with Gasteiger partial charge < -0.3 is 4.90 Å². The molecule has 0 saturated heterocycles. The minimum absolute atomic E-state index is 0.0727. The monoisotopic (exact) mass is 424 g/mol. The van der Waals surface area contributed by atoms with Crippen molar-refractivity contribution in [2.75, 3.05) is 7.05 Å². The number of carbonyl (C=O) groups excluding carboxylic acids is 2. The third kappa shape index (κ3) is 4.08. The number of benzene rings is 1. The van der Waals surface area contributed by atoms with Gasteiger partial charge in [0.1, 0.15) is 11.4 Å². The van der Waals surface area contributed by atoms with Crippen LogP contribution in [0.3, 0.4) is 0 Å². The second-order valence-electron chi connectivity index (χ2n) is 9.70. The average Bonchev–Trinajstić information content (AvgIpc) is 2.73. The Morgan fingerprint density at radius 1 is 1.06 bits per heavy atom. The summed E-state index contributed by atoms with van der Waals surface area (Å²) in [6.45, 7) is 3.97. The first-order chi connectivity index (χ1) is 14.7. The quantitative estimate of drug-likeness (QED) is 0.727. The molecule has 1 aromatic heterocycles. The Labute approximate surface area is 181 Å². The number of carbonyl (C=O) groups is 2. The first kappa shape index (κ1) is 21.5. The summed E-state index contributed by atoms with van der Waals surface area (Å²) in [7, 11) is 1.76. The van der Waals surface area contributed by atoms with Crippen LogP contribution in [0.4, 0.5) is 4.39 Å². The van der Waals surface area contributed by atoms with E-state index in [1.54, 1.807) is 11.9 Å². The van der Waals surface area contributed by atoms with E-state index < -0.39 is 11.4 Å². The Bertz CT molecular complexity index is 1080. The lowest BCUT2D eigenvalue weighted by Crippen LogP contribution is -2.43. The van der Waals surface area contributed by atoms with E-state index in [1.807, 2.05) is 13.8 Å². The van der Waals surface area contributed by atoms with Crippen molar-refractivity contribution in [3.8, 4) is 5.69 Å². The van der Waals surface area contributed by atoms with E-state index in [-0.39, 0.29) is 28.7 Å². The topological polar surface area (TPSA) is 59.4 Å². The summed E-state index contributed by atoms with van der Waals surface area (Å²) >= 11 is 0. The van der Waals surface area contributed by atoms with Gasteiger partial charge in [0.25, 0.3) is 11.5 Å². The molecule has 0 unspecified atom stereocenters. The van der Waals surface area contributed by atoms with Crippen molar-refractivity contribution in [2.24, 2.45) is 5.41 Å². The number of amides is 1. The number of rotatable bonds is 3. The zero-order valence-electron chi connectivity index (χ0n) is 18.4. The Balaban J connectivity index is 1.89. The van der Waals surface area contributed by atoms with E-state index in [1.165, 1.54) is 41.5 Å². The van der Waals surface area contributed by atoms with Crippen LogP contribution >= 0.6 is 0 Å². The Kier molecular flexibility index (Phi) is 5.58. The number of aromatic nitrogens is 1. The second kappa shape index (κ2) is 8.06. The van der Waals surface area contributed by atoms with E-state index in [9.17, 15) is 18.8 Å². The molecule has 164 valence electrons. The number of Topliss-reactive ketones (excluding diaryl/α,β-unsaturated/α-hetero) is 1. The molecule has 1 heterocycles. The highest BCUT2D eigenvalue weighted by molar-refractivity contribution is 6.04. The summed E-state index contributed by atoms with van der Waals surface area (Å²) in [5.74, 6) is -0.812. The normalized spacial score (nSPS) is 18.5. The van der Waals surface area contributed by atoms with Crippen LogP contribution in [0.1, 0.15) is 78.7 Å². The van der Waals surface area contributed by atoms with Crippen molar-refractivity contribution in [1.29, 1.82) is 0 Å². The van der Waals surface area contributed by atoms with Crippen LogP contribution in [0, 0.1) is 11.2 Å². The van der Waals surface area contributed by atoms with Gasteiger partial charge in [0.2, 0.25) is 0 Å². The lowest BCUT2D eigenvalue weighted by atomic mass is 9.73. The van der Waals surface area contributed by atoms with Crippen molar-refractivity contribution < 1.29 is 14.0 Å². The van der Waals surface area contributed by atoms with Crippen molar-refractivity contribution in [3.05, 3.63) is 63.3 Å². The van der Waals surface area contributed by atoms with Gasteiger partial charge in [-0.1, -0.05) is 33.1 Å². The van der Waals surface area contributed by atoms with Gasteiger partial charge in [-0.05, 0) is 54.5 Å². The molecule has 0 atom stereocenters. The smallest absolute Gasteiger partial charge is 0.268 e. The minimum atomic E-state index is -0.455. The fourth-order valence-corrected chi connectivity index (χ4v) is 4.97. The van der Waals surface area contributed by atoms with E-state index in [0.717, 1.165) is 25.7 Å². The maximum atomic E-state index is 13.6. The van der Waals surface area contributed by atoms with E-state index in [0.29, 0.717) is 29.7 Å². The van der Waals surface area contributed by atoms with Gasteiger partial charge in [0.05, 0.1) is 0 Å². The van der Waals surface area contributed by atoms with Crippen LogP contribution in [0.15, 0.2) is 35.3 Å². The van der Waals surface area contributed by atoms with E-state index in [2.05, 4.69) is 0 Å². The average molecular weight is 425 g/mol. The molecule has 0 aliphatic heterocycles. The molecule has 31 heavy (non-hydrogen) atoms. The fourth-order valence-electron chi connectivity index (χ4n) is 4.97. The summed E-state index contributed by atoms with van der Waals surface area (Å²) in [6.07, 6.45) is 7.53. The molecule has 1 amide bonds. The van der Waals surface area contributed by atoms with Crippen molar-refractivity contribution in [1.82, 2.24) is 9.47 Å². The molecule has 2 aromatic rings. The fraction of sp³-hybridized carbons (Fsp3) is 0.480. The molecule has 0 radical (unpaired) electrons. The number of ketones is 1. The molecule has 2 aliphatic rings. The van der Waals surface area contributed by atoms with Gasteiger partial charge in [-0.25, -0.2) is 4.39 Å². The first-order valence-electron chi connectivity index (χ1n) is 11.0. The molecule has 1 saturated carbocycles. The van der Waals surface area contributed by atoms with E-state index >= 15 is 0 Å². The van der Waals surface area contributed by atoms with Crippen molar-refractivity contribution in [2.45, 2.75) is 64.8 Å². The number of pyridine rings is 1. The number of hydrogen-bond donors (Lipinski definition) is 0. The highest BCUT2D eigenvalue weighted by atomic mass is 19.1. The first-order valence-corrected chi connectivity index (χ1v) is 11.0. The predicted octanol–water partition coefficient (Wildman–Crippen LogP) is 4.54. The SMILES string of the molecule is CN(C(=O)c1c2c(cn(-c3ccc(F)cc3)c1=O)C(=O)CC(C)(C)C2)C1CCCCC1. The summed E-state index contributed by atoms with van der Waals surface area (Å²) in [5.41, 5.74) is 0.707. The molecule has 2 aliphatic carbocycles. The molecular formula is C25H29FN2O3. The zero-order chi connectivity index (χ0) is 22.3. The molecule has 0 bridgehead atoms. The van der Waals surface area contributed by atoms with Crippen molar-refractivity contribution in [3.63, 3.8) is 0 Å². The Hall–Kier alpha value is -2.76. The van der Waals surface area contributed by atoms with Gasteiger partial charge in [0.15, 0.2) is 5.78 Å². The van der Waals surface area contributed by atoms with Crippen LogP contribution in [0.5, 0.6) is 0 Å². The zero-order valence-corrected chi connectivity index (χ0v) is 18.4. The summed E-state index contributed by atoms with van der Waals surface area (Å²) in [6, 6.07) is 5.60. The maximum Gasteiger partial charge on any atom is 0.268 e. The van der Waals surface area contributed by atoms with Crippen LogP contribution < -0.4 is 5.56 Å². The number of hydrogen-bond acceptors (Lipinski definition) is 3. The Morgan fingerprint density at radius 2 is 1.71 bits per heavy atom. The highest BCUT2D eigenvalue weighted by Crippen LogP contribution is 2.36. The number of nitrogens with zero attached hydrogens (tertiary/aromatic N) is 2. The molecule has 0 spiro atoms. The lowest BCUT2D eigenvalue weighted by molar-refractivity contribution is 0.0691. The van der Waals surface area contributed by atoms with Gasteiger partial charge in [-0.15, -0.1) is 0 Å². The van der Waals surface area contributed by atoms with Gasteiger partial charge in [0, 0.05) is 37.0 Å². The molecule has 1 fully saturated rings. The highest BCUT2D eigenvalue weighted by Gasteiger charge is 2.37. The van der Waals surface area contributed by atoms with E-state index in [4.69, 9.17) is 0 Å². The number of fused-ring (bicyclic) bond motifs is 1. The van der Waals surface area contributed by atoms with Gasteiger partial charge in [-0.2, -0.15) is 0 Å². The lowest BCUT2D eigenvalue weighted by Gasteiger charge is -2.34. The molecule has 6 heteroatoms. The third-order valence-electron chi connectivity index (χ3n) is 6.67. The molecule has 5 nitrogen and oxygen atoms in total. The Morgan fingerprint density at radius 3 is 2.35 bits per heavy atom. The van der Waals surface area contributed by atoms with Crippen molar-refractivity contribution >= 4 is 11.7 Å². The molecule has 4 rings (SSSR count). The molecule has 1 aromatic carbocycles. The predicted molar refractivity (Wildman–Crippen MR) is 117 cm³/mol. The van der Waals surface area contributed by atoms with Gasteiger partial charge in [-0.3, -0.25) is 19.0 Å². The van der Waals surface area contributed by atoms with Crippen LogP contribution in [0.25, 0.3) is 5.69 Å². The largest absolute Gasteiger partial charge is 0.339 e. The van der Waals surface area contributed by atoms with Crippen LogP contribution in [-0.2, 0) is 6.42 Å². The van der Waals surface area contributed by atoms with Crippen LogP contribution in [-0.4, -0.2) is 34.2 Å². The minimum Gasteiger partial charge on any atom is -0.339 e. The third-order valence-corrected chi connectivity index (χ3v) is 6.67. The van der Waals surface area contributed by atoms with Gasteiger partial charge >= 0.3 is 0 Å². The maximum absolute atomic E-state index is 13.6. The number of halogens is 1. The summed E-state index contributed by atoms with van der Waals surface area (Å²) in [5, 5.41) is 0. The van der Waals surface area contributed by atoms with Crippen LogP contribution in [0.2, 0.25) is 0 Å². The summed E-state index contributed by atoms with van der Waals surface area (Å²) in [4.78, 5) is 41.9. The summed E-state index contributed by atoms with van der Waals surface area (Å²) < 4.78 is 14.8. The molecular weight excluding hydrogens is 395 g/mol.